The molecule has 0 saturated carbocycles. The molecule has 0 unspecified atom stereocenters. The third-order valence-electron chi connectivity index (χ3n) is 3.38. The lowest BCUT2D eigenvalue weighted by molar-refractivity contribution is -0.120. The van der Waals surface area contributed by atoms with Crippen LogP contribution in [-0.2, 0) is 21.2 Å². The molecule has 0 bridgehead atoms. The molecular weight excluding hydrogens is 346 g/mol. The average molecular weight is 367 g/mol. The third-order valence-corrected chi connectivity index (χ3v) is 4.64. The molecule has 1 aromatic carbocycles. The zero-order chi connectivity index (χ0) is 18.3. The van der Waals surface area contributed by atoms with Crippen LogP contribution in [0.15, 0.2) is 34.9 Å². The molecule has 0 saturated heterocycles. The molecule has 2 rings (SSSR count). The summed E-state index contributed by atoms with van der Waals surface area (Å²) in [5, 5.41) is 6.15. The number of benzene rings is 1. The Hall–Kier alpha value is -2.55. The Bertz CT molecular complexity index is 799. The number of aromatic nitrogens is 1. The number of hydrogen-bond acceptors (Lipinski definition) is 6. The van der Waals surface area contributed by atoms with Crippen molar-refractivity contribution in [3.63, 3.8) is 0 Å². The quantitative estimate of drug-likeness (QED) is 0.695. The molecular formula is C16H21N3O5S. The van der Waals surface area contributed by atoms with Crippen LogP contribution in [0.5, 0.6) is 5.75 Å². The lowest BCUT2D eigenvalue weighted by Gasteiger charge is -2.07. The van der Waals surface area contributed by atoms with Crippen LogP contribution in [0.3, 0.4) is 0 Å². The van der Waals surface area contributed by atoms with Gasteiger partial charge in [0.2, 0.25) is 15.9 Å². The number of carbonyl (C=O) groups is 1. The fourth-order valence-electron chi connectivity index (χ4n) is 2.09. The molecule has 0 aliphatic heterocycles. The molecule has 0 radical (unpaired) electrons. The second kappa shape index (κ2) is 8.52. The van der Waals surface area contributed by atoms with Crippen molar-refractivity contribution < 1.29 is 22.5 Å². The monoisotopic (exact) mass is 367 g/mol. The molecule has 2 N–H and O–H groups in total. The fourth-order valence-corrected chi connectivity index (χ4v) is 2.98. The second-order valence-corrected chi connectivity index (χ2v) is 7.28. The molecule has 1 aromatic heterocycles. The minimum Gasteiger partial charge on any atom is -0.497 e. The maximum atomic E-state index is 11.9. The summed E-state index contributed by atoms with van der Waals surface area (Å²) in [6, 6.07) is 8.92. The van der Waals surface area contributed by atoms with Gasteiger partial charge in [0, 0.05) is 19.0 Å². The standard InChI is InChI=1S/C16H21N3O5S/c1-12-11-15(18-24-12)19-25(21,22)10-9-17-16(20)8-5-13-3-6-14(23-2)7-4-13/h3-4,6-7,11H,5,8-10H2,1-2H3,(H,17,20)(H,18,19). The van der Waals surface area contributed by atoms with Crippen molar-refractivity contribution in [3.05, 3.63) is 41.7 Å². The van der Waals surface area contributed by atoms with E-state index in [2.05, 4.69) is 15.2 Å². The van der Waals surface area contributed by atoms with E-state index >= 15 is 0 Å². The van der Waals surface area contributed by atoms with Crippen molar-refractivity contribution in [3.8, 4) is 5.75 Å². The number of hydrogen-bond donors (Lipinski definition) is 2. The van der Waals surface area contributed by atoms with Gasteiger partial charge in [-0.25, -0.2) is 8.42 Å². The van der Waals surface area contributed by atoms with Crippen molar-refractivity contribution >= 4 is 21.7 Å². The van der Waals surface area contributed by atoms with Crippen molar-refractivity contribution in [1.82, 2.24) is 10.5 Å². The Kier molecular flexibility index (Phi) is 6.40. The lowest BCUT2D eigenvalue weighted by atomic mass is 10.1. The van der Waals surface area contributed by atoms with E-state index in [0.29, 0.717) is 12.2 Å². The van der Waals surface area contributed by atoms with Crippen molar-refractivity contribution in [1.29, 1.82) is 0 Å². The predicted molar refractivity (Wildman–Crippen MR) is 93.0 cm³/mol. The van der Waals surface area contributed by atoms with E-state index in [1.807, 2.05) is 24.3 Å². The first kappa shape index (κ1) is 18.8. The highest BCUT2D eigenvalue weighted by Crippen LogP contribution is 2.12. The summed E-state index contributed by atoms with van der Waals surface area (Å²) < 4.78 is 35.9. The molecule has 1 heterocycles. The summed E-state index contributed by atoms with van der Waals surface area (Å²) in [5.74, 6) is 0.942. The third kappa shape index (κ3) is 6.46. The zero-order valence-corrected chi connectivity index (χ0v) is 14.9. The number of amides is 1. The normalized spacial score (nSPS) is 11.1. The molecule has 8 nitrogen and oxygen atoms in total. The van der Waals surface area contributed by atoms with Gasteiger partial charge in [-0.3, -0.25) is 9.52 Å². The van der Waals surface area contributed by atoms with Crippen LogP contribution in [0.25, 0.3) is 0 Å². The van der Waals surface area contributed by atoms with E-state index in [1.165, 1.54) is 6.07 Å². The highest BCUT2D eigenvalue weighted by molar-refractivity contribution is 7.92. The van der Waals surface area contributed by atoms with E-state index in [0.717, 1.165) is 11.3 Å². The number of methoxy groups -OCH3 is 1. The fraction of sp³-hybridized carbons (Fsp3) is 0.375. The maximum Gasteiger partial charge on any atom is 0.235 e. The molecule has 9 heteroatoms. The molecule has 25 heavy (non-hydrogen) atoms. The summed E-state index contributed by atoms with van der Waals surface area (Å²) in [6.07, 6.45) is 0.849. The number of ether oxygens (including phenoxy) is 1. The molecule has 0 aliphatic carbocycles. The number of rotatable bonds is 9. The minimum absolute atomic E-state index is 0.0214. The number of sulfonamides is 1. The first-order valence-corrected chi connectivity index (χ1v) is 9.36. The van der Waals surface area contributed by atoms with Gasteiger partial charge in [-0.15, -0.1) is 0 Å². The predicted octanol–water partition coefficient (Wildman–Crippen LogP) is 1.48. The van der Waals surface area contributed by atoms with Gasteiger partial charge in [0.1, 0.15) is 11.5 Å². The number of aryl methyl sites for hydroxylation is 2. The Balaban J connectivity index is 1.70. The van der Waals surface area contributed by atoms with Crippen LogP contribution in [0, 0.1) is 6.92 Å². The number of nitrogens with zero attached hydrogens (tertiary/aromatic N) is 1. The van der Waals surface area contributed by atoms with Crippen LogP contribution in [0.1, 0.15) is 17.7 Å². The molecule has 2 aromatic rings. The lowest BCUT2D eigenvalue weighted by Crippen LogP contribution is -2.31. The first-order chi connectivity index (χ1) is 11.9. The Morgan fingerprint density at radius 2 is 2.00 bits per heavy atom. The number of anilines is 1. The van der Waals surface area contributed by atoms with E-state index in [-0.39, 0.29) is 30.4 Å². The summed E-state index contributed by atoms with van der Waals surface area (Å²) in [5.41, 5.74) is 1.01. The van der Waals surface area contributed by atoms with Gasteiger partial charge in [0.15, 0.2) is 5.82 Å². The van der Waals surface area contributed by atoms with E-state index in [4.69, 9.17) is 9.26 Å². The van der Waals surface area contributed by atoms with Crippen molar-refractivity contribution in [2.24, 2.45) is 0 Å². The van der Waals surface area contributed by atoms with Gasteiger partial charge in [-0.1, -0.05) is 17.3 Å². The van der Waals surface area contributed by atoms with Gasteiger partial charge >= 0.3 is 0 Å². The molecule has 0 spiro atoms. The molecule has 0 aliphatic rings. The SMILES string of the molecule is COc1ccc(CCC(=O)NCCS(=O)(=O)Nc2cc(C)on2)cc1. The largest absolute Gasteiger partial charge is 0.497 e. The minimum atomic E-state index is -3.59. The van der Waals surface area contributed by atoms with Gasteiger partial charge in [0.25, 0.3) is 0 Å². The van der Waals surface area contributed by atoms with Gasteiger partial charge in [0.05, 0.1) is 12.9 Å². The molecule has 0 atom stereocenters. The Morgan fingerprint density at radius 1 is 1.28 bits per heavy atom. The Morgan fingerprint density at radius 3 is 2.60 bits per heavy atom. The highest BCUT2D eigenvalue weighted by Gasteiger charge is 2.13. The number of carbonyl (C=O) groups excluding carboxylic acids is 1. The second-order valence-electron chi connectivity index (χ2n) is 5.44. The van der Waals surface area contributed by atoms with Crippen molar-refractivity contribution in [2.45, 2.75) is 19.8 Å². The summed E-state index contributed by atoms with van der Waals surface area (Å²) in [7, 11) is -2.00. The zero-order valence-electron chi connectivity index (χ0n) is 14.1. The topological polar surface area (TPSA) is 111 Å². The van der Waals surface area contributed by atoms with Gasteiger partial charge in [-0.2, -0.15) is 0 Å². The van der Waals surface area contributed by atoms with E-state index in [1.54, 1.807) is 14.0 Å². The molecule has 136 valence electrons. The van der Waals surface area contributed by atoms with Crippen LogP contribution >= 0.6 is 0 Å². The number of nitrogens with one attached hydrogen (secondary N) is 2. The average Bonchev–Trinajstić information content (AvgIpc) is 2.97. The van der Waals surface area contributed by atoms with Crippen LogP contribution in [0.4, 0.5) is 5.82 Å². The summed E-state index contributed by atoms with van der Waals surface area (Å²) >= 11 is 0. The smallest absolute Gasteiger partial charge is 0.235 e. The molecule has 1 amide bonds. The maximum absolute atomic E-state index is 11.9. The van der Waals surface area contributed by atoms with Gasteiger partial charge < -0.3 is 14.6 Å². The van der Waals surface area contributed by atoms with Crippen LogP contribution in [-0.4, -0.2) is 38.9 Å². The summed E-state index contributed by atoms with van der Waals surface area (Å²) in [4.78, 5) is 11.8. The summed E-state index contributed by atoms with van der Waals surface area (Å²) in [6.45, 7) is 1.68. The van der Waals surface area contributed by atoms with E-state index < -0.39 is 10.0 Å². The van der Waals surface area contributed by atoms with E-state index in [9.17, 15) is 13.2 Å². The Labute approximate surface area is 146 Å². The first-order valence-electron chi connectivity index (χ1n) is 7.71. The van der Waals surface area contributed by atoms with Gasteiger partial charge in [-0.05, 0) is 31.0 Å². The highest BCUT2D eigenvalue weighted by atomic mass is 32.2. The van der Waals surface area contributed by atoms with Crippen LogP contribution in [0.2, 0.25) is 0 Å². The van der Waals surface area contributed by atoms with Crippen LogP contribution < -0.4 is 14.8 Å². The van der Waals surface area contributed by atoms with Crippen molar-refractivity contribution in [2.75, 3.05) is 24.1 Å². The molecule has 0 fully saturated rings.